The molecule has 0 radical (unpaired) electrons. The van der Waals surface area contributed by atoms with Gasteiger partial charge in [-0.15, -0.1) is 0 Å². The van der Waals surface area contributed by atoms with Gasteiger partial charge in [0.2, 0.25) is 0 Å². The number of ether oxygens (including phenoxy) is 2. The monoisotopic (exact) mass is 338 g/mol. The van der Waals surface area contributed by atoms with Crippen LogP contribution in [0.25, 0.3) is 0 Å². The zero-order valence-corrected chi connectivity index (χ0v) is 13.5. The summed E-state index contributed by atoms with van der Waals surface area (Å²) in [6.07, 6.45) is 0.855. The first-order valence-electron chi connectivity index (χ1n) is 7.22. The molecule has 7 nitrogen and oxygen atoms in total. The van der Waals surface area contributed by atoms with E-state index in [-0.39, 0.29) is 23.2 Å². The lowest BCUT2D eigenvalue weighted by Gasteiger charge is -2.16. The van der Waals surface area contributed by atoms with Gasteiger partial charge < -0.3 is 9.47 Å². The minimum absolute atomic E-state index is 0.0471. The maximum atomic E-state index is 12.2. The number of carbonyl (C=O) groups is 1. The fourth-order valence-corrected chi connectivity index (χ4v) is 3.20. The van der Waals surface area contributed by atoms with Crippen molar-refractivity contribution in [3.05, 3.63) is 29.8 Å². The summed E-state index contributed by atoms with van der Waals surface area (Å²) in [6.45, 7) is 2.41. The van der Waals surface area contributed by atoms with E-state index in [1.165, 1.54) is 31.2 Å². The molecule has 1 amide bonds. The predicted octanol–water partition coefficient (Wildman–Crippen LogP) is 0.947. The quantitative estimate of drug-likeness (QED) is 0.828. The van der Waals surface area contributed by atoms with Gasteiger partial charge in [-0.05, 0) is 38.0 Å². The van der Waals surface area contributed by atoms with Crippen molar-refractivity contribution < 1.29 is 22.7 Å². The fourth-order valence-electron chi connectivity index (χ4n) is 2.11. The number of nitriles is 1. The number of amides is 1. The Morgan fingerprint density at radius 3 is 3.00 bits per heavy atom. The second-order valence-electron chi connectivity index (χ2n) is 5.22. The molecule has 1 aromatic rings. The van der Waals surface area contributed by atoms with Gasteiger partial charge in [0.1, 0.15) is 6.10 Å². The molecular weight excluding hydrogens is 320 g/mol. The lowest BCUT2D eigenvalue weighted by atomic mass is 10.2. The van der Waals surface area contributed by atoms with E-state index in [2.05, 4.69) is 0 Å². The molecule has 1 N–H and O–H groups in total. The largest absolute Gasteiger partial charge is 0.376 e. The average molecular weight is 338 g/mol. The van der Waals surface area contributed by atoms with Crippen LogP contribution in [0, 0.1) is 11.3 Å². The van der Waals surface area contributed by atoms with Gasteiger partial charge >= 0.3 is 0 Å². The van der Waals surface area contributed by atoms with E-state index >= 15 is 0 Å². The van der Waals surface area contributed by atoms with Gasteiger partial charge in [0.05, 0.1) is 29.2 Å². The fraction of sp³-hybridized carbons (Fsp3) is 0.467. The molecule has 1 aromatic carbocycles. The molecule has 1 heterocycles. The Balaban J connectivity index is 1.95. The van der Waals surface area contributed by atoms with Gasteiger partial charge in [-0.2, -0.15) is 5.26 Å². The van der Waals surface area contributed by atoms with Crippen LogP contribution < -0.4 is 4.72 Å². The van der Waals surface area contributed by atoms with Gasteiger partial charge in [-0.3, -0.25) is 4.79 Å². The van der Waals surface area contributed by atoms with Crippen molar-refractivity contribution in [1.82, 2.24) is 4.72 Å². The molecule has 2 unspecified atom stereocenters. The summed E-state index contributed by atoms with van der Waals surface area (Å²) in [4.78, 5) is 11.8. The van der Waals surface area contributed by atoms with Crippen LogP contribution in [0.5, 0.6) is 0 Å². The Morgan fingerprint density at radius 1 is 1.57 bits per heavy atom. The maximum absolute atomic E-state index is 12.2. The summed E-state index contributed by atoms with van der Waals surface area (Å²) in [7, 11) is -4.04. The Hall–Kier alpha value is -1.95. The first kappa shape index (κ1) is 17.4. The highest BCUT2D eigenvalue weighted by Crippen LogP contribution is 2.14. The number of hydrogen-bond donors (Lipinski definition) is 1. The number of nitrogens with zero attached hydrogens (tertiary/aromatic N) is 1. The minimum Gasteiger partial charge on any atom is -0.376 e. The van der Waals surface area contributed by atoms with Crippen molar-refractivity contribution in [2.45, 2.75) is 36.9 Å². The van der Waals surface area contributed by atoms with Crippen LogP contribution in [0.1, 0.15) is 25.3 Å². The van der Waals surface area contributed by atoms with Crippen molar-refractivity contribution in [3.8, 4) is 6.07 Å². The molecule has 0 saturated carbocycles. The zero-order valence-electron chi connectivity index (χ0n) is 12.7. The van der Waals surface area contributed by atoms with Crippen LogP contribution in [0.2, 0.25) is 0 Å². The topological polar surface area (TPSA) is 105 Å². The number of nitrogens with one attached hydrogen (secondary N) is 1. The first-order chi connectivity index (χ1) is 10.9. The van der Waals surface area contributed by atoms with Crippen LogP contribution in [0.15, 0.2) is 29.2 Å². The summed E-state index contributed by atoms with van der Waals surface area (Å²) < 4.78 is 37.0. The number of sulfonamides is 1. The number of carbonyl (C=O) groups excluding carboxylic acids is 1. The number of benzene rings is 1. The van der Waals surface area contributed by atoms with E-state index in [1.54, 1.807) is 0 Å². The molecule has 8 heteroatoms. The van der Waals surface area contributed by atoms with Gasteiger partial charge in [0, 0.05) is 6.61 Å². The van der Waals surface area contributed by atoms with Crippen molar-refractivity contribution >= 4 is 15.9 Å². The van der Waals surface area contributed by atoms with E-state index in [0.717, 1.165) is 12.8 Å². The normalized spacial score (nSPS) is 19.0. The molecule has 1 aliphatic heterocycles. The molecule has 23 heavy (non-hydrogen) atoms. The summed E-state index contributed by atoms with van der Waals surface area (Å²) in [5.41, 5.74) is 0.197. The Morgan fingerprint density at radius 2 is 2.35 bits per heavy atom. The third-order valence-corrected chi connectivity index (χ3v) is 4.78. The average Bonchev–Trinajstić information content (AvgIpc) is 3.05. The molecule has 1 fully saturated rings. The Bertz CT molecular complexity index is 705. The highest BCUT2D eigenvalue weighted by Gasteiger charge is 2.24. The van der Waals surface area contributed by atoms with Crippen LogP contribution in [0.3, 0.4) is 0 Å². The summed E-state index contributed by atoms with van der Waals surface area (Å²) >= 11 is 0. The van der Waals surface area contributed by atoms with Crippen molar-refractivity contribution in [3.63, 3.8) is 0 Å². The standard InChI is InChI=1S/C15H18N2O5S/c1-11(22-10-13-5-3-7-21-13)15(18)17-23(19,20)14-6-2-4-12(8-14)9-16/h2,4,6,8,11,13H,3,5,7,10H2,1H3,(H,17,18). The predicted molar refractivity (Wildman–Crippen MR) is 80.9 cm³/mol. The van der Waals surface area contributed by atoms with Gasteiger partial charge in [-0.1, -0.05) is 6.07 Å². The van der Waals surface area contributed by atoms with E-state index in [1.807, 2.05) is 10.8 Å². The molecule has 124 valence electrons. The number of rotatable bonds is 6. The molecule has 0 aromatic heterocycles. The zero-order chi connectivity index (χ0) is 16.9. The van der Waals surface area contributed by atoms with E-state index in [9.17, 15) is 13.2 Å². The van der Waals surface area contributed by atoms with E-state index < -0.39 is 22.0 Å². The van der Waals surface area contributed by atoms with Crippen LogP contribution >= 0.6 is 0 Å². The van der Waals surface area contributed by atoms with Gasteiger partial charge in [0.25, 0.3) is 15.9 Å². The van der Waals surface area contributed by atoms with Crippen molar-refractivity contribution in [2.75, 3.05) is 13.2 Å². The molecule has 0 spiro atoms. The minimum atomic E-state index is -4.04. The van der Waals surface area contributed by atoms with Gasteiger partial charge in [-0.25, -0.2) is 13.1 Å². The second kappa shape index (κ2) is 7.55. The second-order valence-corrected chi connectivity index (χ2v) is 6.90. The number of hydrogen-bond acceptors (Lipinski definition) is 6. The van der Waals surface area contributed by atoms with Crippen LogP contribution in [-0.4, -0.2) is 39.7 Å². The third kappa shape index (κ3) is 4.76. The first-order valence-corrected chi connectivity index (χ1v) is 8.71. The van der Waals surface area contributed by atoms with Crippen LogP contribution in [-0.2, 0) is 24.3 Å². The SMILES string of the molecule is CC(OCC1CCCO1)C(=O)NS(=O)(=O)c1cccc(C#N)c1. The van der Waals surface area contributed by atoms with E-state index in [4.69, 9.17) is 14.7 Å². The Kier molecular flexibility index (Phi) is 5.71. The molecular formula is C15H18N2O5S. The van der Waals surface area contributed by atoms with Crippen molar-refractivity contribution in [2.24, 2.45) is 0 Å². The smallest absolute Gasteiger partial charge is 0.264 e. The third-order valence-electron chi connectivity index (χ3n) is 3.43. The highest BCUT2D eigenvalue weighted by molar-refractivity contribution is 7.90. The molecule has 2 atom stereocenters. The molecule has 1 aliphatic rings. The van der Waals surface area contributed by atoms with Crippen LogP contribution in [0.4, 0.5) is 0 Å². The van der Waals surface area contributed by atoms with Gasteiger partial charge in [0.15, 0.2) is 0 Å². The maximum Gasteiger partial charge on any atom is 0.264 e. The molecule has 0 aliphatic carbocycles. The Labute approximate surface area is 135 Å². The molecule has 1 saturated heterocycles. The lowest BCUT2D eigenvalue weighted by Crippen LogP contribution is -2.39. The summed E-state index contributed by atoms with van der Waals surface area (Å²) in [5.74, 6) is -0.759. The van der Waals surface area contributed by atoms with E-state index in [0.29, 0.717) is 6.61 Å². The lowest BCUT2D eigenvalue weighted by molar-refractivity contribution is -0.131. The molecule has 0 bridgehead atoms. The molecule has 2 rings (SSSR count). The summed E-state index contributed by atoms with van der Waals surface area (Å²) in [6, 6.07) is 7.29. The summed E-state index contributed by atoms with van der Waals surface area (Å²) in [5, 5.41) is 8.81. The highest BCUT2D eigenvalue weighted by atomic mass is 32.2. The van der Waals surface area contributed by atoms with Crippen molar-refractivity contribution in [1.29, 1.82) is 5.26 Å².